The van der Waals surface area contributed by atoms with E-state index in [1.807, 2.05) is 0 Å². The third kappa shape index (κ3) is 5.25. The van der Waals surface area contributed by atoms with Crippen molar-refractivity contribution in [1.82, 2.24) is 0 Å². The fraction of sp³-hybridized carbons (Fsp3) is 0.276. The van der Waals surface area contributed by atoms with Gasteiger partial charge in [0.05, 0.1) is 11.4 Å². The molecular formula is C58H54N2. The van der Waals surface area contributed by atoms with Crippen LogP contribution in [0.3, 0.4) is 0 Å². The van der Waals surface area contributed by atoms with Crippen LogP contribution in [0.15, 0.2) is 164 Å². The van der Waals surface area contributed by atoms with Crippen LogP contribution in [-0.2, 0) is 23.7 Å². The molecule has 2 heteroatoms. The third-order valence-corrected chi connectivity index (χ3v) is 15.7. The van der Waals surface area contributed by atoms with Crippen molar-refractivity contribution in [2.24, 2.45) is 11.8 Å². The summed E-state index contributed by atoms with van der Waals surface area (Å²) >= 11 is 0. The fourth-order valence-electron chi connectivity index (χ4n) is 13.2. The predicted molar refractivity (Wildman–Crippen MR) is 250 cm³/mol. The molecule has 0 saturated heterocycles. The molecule has 0 amide bonds. The van der Waals surface area contributed by atoms with Gasteiger partial charge in [-0.05, 0) is 167 Å². The van der Waals surface area contributed by atoms with Gasteiger partial charge in [-0.15, -0.1) is 0 Å². The van der Waals surface area contributed by atoms with E-state index in [0.717, 1.165) is 12.8 Å². The summed E-state index contributed by atoms with van der Waals surface area (Å²) in [6.07, 6.45) is 11.5. The van der Waals surface area contributed by atoms with Gasteiger partial charge in [-0.25, -0.2) is 0 Å². The number of hydrogen-bond acceptors (Lipinski definition) is 2. The van der Waals surface area contributed by atoms with E-state index in [0.29, 0.717) is 17.8 Å². The van der Waals surface area contributed by atoms with Crippen LogP contribution in [0.4, 0.5) is 34.1 Å². The average molecular weight is 779 g/mol. The van der Waals surface area contributed by atoms with Crippen molar-refractivity contribution in [3.05, 3.63) is 203 Å². The molecule has 5 aliphatic carbocycles. The van der Waals surface area contributed by atoms with Crippen LogP contribution >= 0.6 is 0 Å². The Labute approximate surface area is 356 Å². The van der Waals surface area contributed by atoms with Crippen LogP contribution in [0.1, 0.15) is 104 Å². The number of benzene rings is 7. The molecule has 3 unspecified atom stereocenters. The first-order valence-electron chi connectivity index (χ1n) is 22.8. The van der Waals surface area contributed by atoms with Crippen molar-refractivity contribution in [2.75, 3.05) is 9.80 Å². The smallest absolute Gasteiger partial charge is 0.0505 e. The van der Waals surface area contributed by atoms with Crippen molar-refractivity contribution < 1.29 is 0 Å². The lowest BCUT2D eigenvalue weighted by Gasteiger charge is -2.40. The molecule has 12 rings (SSSR count). The molecule has 0 N–H and O–H groups in total. The maximum Gasteiger partial charge on any atom is 0.0505 e. The van der Waals surface area contributed by atoms with E-state index in [4.69, 9.17) is 0 Å². The van der Waals surface area contributed by atoms with Gasteiger partial charge < -0.3 is 9.80 Å². The standard InChI is InChI=1S/C58H54N2/c1-57(2)51-25-13-12-24-49(51)50-35-34-48(38-52(50)57)60(46-22-10-5-11-23-46)54-27-15-19-42-37-44-31-30-43-36-41-18-14-26-53(55(41)58(43,44)56(42)54)59(45-20-8-4-9-21-45)47-32-28-40(29-33-47)39-16-6-3-7-17-39/h4-5,8-15,18-29,32-35,38-39,43-44H,3,6-7,16-17,30-31,36-37H2,1-2H3. The van der Waals surface area contributed by atoms with Gasteiger partial charge in [-0.3, -0.25) is 0 Å². The molecule has 60 heavy (non-hydrogen) atoms. The van der Waals surface area contributed by atoms with Gasteiger partial charge in [0.25, 0.3) is 0 Å². The minimum Gasteiger partial charge on any atom is -0.310 e. The van der Waals surface area contributed by atoms with Gasteiger partial charge in [0.1, 0.15) is 0 Å². The lowest BCUT2D eigenvalue weighted by atomic mass is 9.68. The Kier molecular flexibility index (Phi) is 8.32. The first-order valence-corrected chi connectivity index (χ1v) is 22.8. The molecule has 0 bridgehead atoms. The minimum absolute atomic E-state index is 0.0853. The molecule has 296 valence electrons. The normalized spacial score (nSPS) is 21.7. The lowest BCUT2D eigenvalue weighted by Crippen LogP contribution is -2.34. The first kappa shape index (κ1) is 36.0. The number of rotatable bonds is 7. The van der Waals surface area contributed by atoms with Crippen molar-refractivity contribution >= 4 is 34.1 Å². The van der Waals surface area contributed by atoms with Crippen LogP contribution in [-0.4, -0.2) is 0 Å². The highest BCUT2D eigenvalue weighted by atomic mass is 15.2. The van der Waals surface area contributed by atoms with E-state index < -0.39 is 0 Å². The number of para-hydroxylation sites is 2. The Morgan fingerprint density at radius 1 is 0.433 bits per heavy atom. The molecule has 0 aromatic heterocycles. The van der Waals surface area contributed by atoms with E-state index in [-0.39, 0.29) is 10.8 Å². The van der Waals surface area contributed by atoms with E-state index in [1.54, 1.807) is 11.1 Å². The van der Waals surface area contributed by atoms with E-state index in [1.165, 1.54) is 118 Å². The molecule has 2 nitrogen and oxygen atoms in total. The van der Waals surface area contributed by atoms with E-state index in [9.17, 15) is 0 Å². The molecule has 5 aliphatic rings. The highest BCUT2D eigenvalue weighted by Gasteiger charge is 2.62. The zero-order chi connectivity index (χ0) is 40.0. The van der Waals surface area contributed by atoms with Crippen LogP contribution in [0.25, 0.3) is 11.1 Å². The summed E-state index contributed by atoms with van der Waals surface area (Å²) in [6.45, 7) is 4.81. The Morgan fingerprint density at radius 3 is 1.57 bits per heavy atom. The second-order valence-corrected chi connectivity index (χ2v) is 19.0. The Morgan fingerprint density at radius 2 is 0.950 bits per heavy atom. The highest BCUT2D eigenvalue weighted by molar-refractivity contribution is 5.89. The van der Waals surface area contributed by atoms with E-state index in [2.05, 4.69) is 187 Å². The average Bonchev–Trinajstić information content (AvgIpc) is 3.99. The van der Waals surface area contributed by atoms with Gasteiger partial charge in [-0.1, -0.05) is 136 Å². The molecular weight excluding hydrogens is 725 g/mol. The zero-order valence-electron chi connectivity index (χ0n) is 35.1. The third-order valence-electron chi connectivity index (χ3n) is 15.7. The second kappa shape index (κ2) is 13.8. The van der Waals surface area contributed by atoms with Crippen LogP contribution in [0.2, 0.25) is 0 Å². The molecule has 2 fully saturated rings. The van der Waals surface area contributed by atoms with Crippen molar-refractivity contribution in [3.63, 3.8) is 0 Å². The summed E-state index contributed by atoms with van der Waals surface area (Å²) in [6, 6.07) is 62.9. The van der Waals surface area contributed by atoms with Gasteiger partial charge in [0.15, 0.2) is 0 Å². The quantitative estimate of drug-likeness (QED) is 0.159. The molecule has 3 atom stereocenters. The van der Waals surface area contributed by atoms with Crippen LogP contribution in [0.5, 0.6) is 0 Å². The number of anilines is 6. The summed E-state index contributed by atoms with van der Waals surface area (Å²) in [5.41, 5.74) is 20.7. The van der Waals surface area contributed by atoms with Gasteiger partial charge in [-0.2, -0.15) is 0 Å². The maximum atomic E-state index is 2.62. The van der Waals surface area contributed by atoms with Gasteiger partial charge in [0.2, 0.25) is 0 Å². The van der Waals surface area contributed by atoms with E-state index >= 15 is 0 Å². The Bertz CT molecular complexity index is 2730. The van der Waals surface area contributed by atoms with Crippen molar-refractivity contribution in [3.8, 4) is 11.1 Å². The van der Waals surface area contributed by atoms with Gasteiger partial charge >= 0.3 is 0 Å². The zero-order valence-corrected chi connectivity index (χ0v) is 35.1. The number of nitrogens with zero attached hydrogens (tertiary/aromatic N) is 2. The molecule has 0 radical (unpaired) electrons. The van der Waals surface area contributed by atoms with Gasteiger partial charge in [0, 0.05) is 33.6 Å². The maximum absolute atomic E-state index is 2.62. The minimum atomic E-state index is -0.0911. The number of fused-ring (bicyclic) bond motifs is 5. The number of hydrogen-bond donors (Lipinski definition) is 0. The molecule has 2 saturated carbocycles. The first-order chi connectivity index (χ1) is 29.5. The largest absolute Gasteiger partial charge is 0.310 e. The molecule has 1 spiro atoms. The van der Waals surface area contributed by atoms with Crippen molar-refractivity contribution in [1.29, 1.82) is 0 Å². The molecule has 7 aromatic rings. The fourth-order valence-corrected chi connectivity index (χ4v) is 13.2. The summed E-state index contributed by atoms with van der Waals surface area (Å²) < 4.78 is 0. The molecule has 7 aromatic carbocycles. The summed E-state index contributed by atoms with van der Waals surface area (Å²) in [7, 11) is 0. The summed E-state index contributed by atoms with van der Waals surface area (Å²) in [5.74, 6) is 1.79. The molecule has 0 heterocycles. The Hall–Kier alpha value is -5.86. The topological polar surface area (TPSA) is 6.48 Å². The monoisotopic (exact) mass is 778 g/mol. The van der Waals surface area contributed by atoms with Crippen molar-refractivity contribution in [2.45, 2.75) is 88.4 Å². The predicted octanol–water partition coefficient (Wildman–Crippen LogP) is 15.4. The Balaban J connectivity index is 1.06. The van der Waals surface area contributed by atoms with Crippen LogP contribution in [0, 0.1) is 11.8 Å². The second-order valence-electron chi connectivity index (χ2n) is 19.0. The van der Waals surface area contributed by atoms with Crippen LogP contribution < -0.4 is 9.80 Å². The summed E-state index contributed by atoms with van der Waals surface area (Å²) in [4.78, 5) is 5.22. The SMILES string of the molecule is CC1(C)c2ccccc2-c2ccc(N(c3ccccc3)c3cccc4c3C35c6c(cccc6N(c6ccccc6)c6ccc(C7CCCCC7)cc6)CC3CCC5C4)cc21. The summed E-state index contributed by atoms with van der Waals surface area (Å²) in [5, 5.41) is 0. The lowest BCUT2D eigenvalue weighted by molar-refractivity contribution is 0.350. The molecule has 0 aliphatic heterocycles. The highest BCUT2D eigenvalue weighted by Crippen LogP contribution is 2.69.